The summed E-state index contributed by atoms with van der Waals surface area (Å²) in [6.45, 7) is 0. The summed E-state index contributed by atoms with van der Waals surface area (Å²) in [6.07, 6.45) is 0. The Morgan fingerprint density at radius 2 is 0.880 bits per heavy atom. The van der Waals surface area contributed by atoms with Crippen molar-refractivity contribution < 1.29 is 0 Å². The van der Waals surface area contributed by atoms with Gasteiger partial charge in [0, 0.05) is 32.8 Å². The Hall–Kier alpha value is -7.39. The molecule has 0 N–H and O–H groups in total. The van der Waals surface area contributed by atoms with Gasteiger partial charge in [-0.25, -0.2) is 0 Å². The van der Waals surface area contributed by atoms with Crippen LogP contribution in [-0.4, -0.2) is 9.13 Å². The molecule has 0 spiro atoms. The number of nitrogens with zero attached hydrogens (tertiary/aromatic N) is 5. The van der Waals surface area contributed by atoms with Crippen LogP contribution in [0.4, 0.5) is 0 Å². The van der Waals surface area contributed by atoms with Crippen LogP contribution in [0.2, 0.25) is 0 Å². The Labute approximate surface area is 287 Å². The molecule has 9 rings (SSSR count). The molecule has 2 heterocycles. The third-order valence-corrected chi connectivity index (χ3v) is 9.60. The molecule has 0 bridgehead atoms. The van der Waals surface area contributed by atoms with Gasteiger partial charge in [-0.05, 0) is 95.6 Å². The van der Waals surface area contributed by atoms with Crippen molar-refractivity contribution in [3.63, 3.8) is 0 Å². The topological polar surface area (TPSA) is 81.2 Å². The van der Waals surface area contributed by atoms with Crippen LogP contribution < -0.4 is 0 Å². The van der Waals surface area contributed by atoms with E-state index in [1.165, 1.54) is 0 Å². The highest BCUT2D eigenvalue weighted by molar-refractivity contribution is 6.11. The van der Waals surface area contributed by atoms with E-state index in [2.05, 4.69) is 100 Å². The summed E-state index contributed by atoms with van der Waals surface area (Å²) < 4.78 is 4.49. The number of rotatable bonds is 4. The average molecular weight is 636 g/mol. The van der Waals surface area contributed by atoms with Crippen molar-refractivity contribution in [3.05, 3.63) is 168 Å². The average Bonchev–Trinajstić information content (AvgIpc) is 3.69. The van der Waals surface area contributed by atoms with Crippen molar-refractivity contribution in [2.75, 3.05) is 0 Å². The molecule has 50 heavy (non-hydrogen) atoms. The highest BCUT2D eigenvalue weighted by Gasteiger charge is 2.17. The smallest absolute Gasteiger partial charge is 0.0991 e. The fourth-order valence-electron chi connectivity index (χ4n) is 7.32. The maximum absolute atomic E-state index is 9.88. The third kappa shape index (κ3) is 4.45. The summed E-state index contributed by atoms with van der Waals surface area (Å²) in [5, 5.41) is 33.3. The maximum Gasteiger partial charge on any atom is 0.0991 e. The summed E-state index contributed by atoms with van der Waals surface area (Å²) >= 11 is 0. The predicted octanol–water partition coefficient (Wildman–Crippen LogP) is 10.8. The van der Waals surface area contributed by atoms with Crippen LogP contribution in [0.25, 0.3) is 77.2 Å². The molecule has 0 aliphatic rings. The first-order chi connectivity index (χ1) is 24.6. The third-order valence-electron chi connectivity index (χ3n) is 9.60. The predicted molar refractivity (Wildman–Crippen MR) is 200 cm³/mol. The lowest BCUT2D eigenvalue weighted by Crippen LogP contribution is -1.98. The minimum atomic E-state index is 0.584. The van der Waals surface area contributed by atoms with Crippen molar-refractivity contribution in [1.82, 2.24) is 9.13 Å². The number of benzene rings is 7. The van der Waals surface area contributed by atoms with Gasteiger partial charge < -0.3 is 9.13 Å². The van der Waals surface area contributed by atoms with Gasteiger partial charge >= 0.3 is 0 Å². The van der Waals surface area contributed by atoms with Crippen molar-refractivity contribution in [2.45, 2.75) is 0 Å². The van der Waals surface area contributed by atoms with E-state index < -0.39 is 0 Å². The summed E-state index contributed by atoms with van der Waals surface area (Å²) in [4.78, 5) is 0. The fraction of sp³-hybridized carbons (Fsp3) is 0. The van der Waals surface area contributed by atoms with Crippen LogP contribution >= 0.6 is 0 Å². The first-order valence-electron chi connectivity index (χ1n) is 16.3. The van der Waals surface area contributed by atoms with Gasteiger partial charge in [0.2, 0.25) is 0 Å². The van der Waals surface area contributed by atoms with Crippen LogP contribution in [0.1, 0.15) is 16.7 Å². The van der Waals surface area contributed by atoms with Gasteiger partial charge in [-0.1, -0.05) is 72.8 Å². The molecule has 2 aromatic heterocycles. The van der Waals surface area contributed by atoms with Crippen LogP contribution in [0.3, 0.4) is 0 Å². The molecule has 0 aliphatic heterocycles. The molecule has 0 amide bonds. The minimum Gasteiger partial charge on any atom is -0.309 e. The fourth-order valence-corrected chi connectivity index (χ4v) is 7.32. The molecule has 0 fully saturated rings. The zero-order valence-corrected chi connectivity index (χ0v) is 26.7. The van der Waals surface area contributed by atoms with Crippen LogP contribution in [0.5, 0.6) is 0 Å². The van der Waals surface area contributed by atoms with E-state index in [9.17, 15) is 15.8 Å². The number of fused-ring (bicyclic) bond motifs is 6. The lowest BCUT2D eigenvalue weighted by Gasteiger charge is -2.15. The van der Waals surface area contributed by atoms with E-state index in [1.54, 1.807) is 0 Å². The quantitative estimate of drug-likeness (QED) is 0.193. The Morgan fingerprint density at radius 3 is 1.52 bits per heavy atom. The first kappa shape index (κ1) is 28.8. The normalized spacial score (nSPS) is 11.1. The lowest BCUT2D eigenvalue weighted by atomic mass is 9.97. The summed E-state index contributed by atoms with van der Waals surface area (Å²) in [5.41, 5.74) is 12.1. The van der Waals surface area contributed by atoms with Crippen LogP contribution in [-0.2, 0) is 0 Å². The van der Waals surface area contributed by atoms with Crippen molar-refractivity contribution >= 4 is 43.6 Å². The molecule has 0 saturated carbocycles. The van der Waals surface area contributed by atoms with Crippen LogP contribution in [0.15, 0.2) is 152 Å². The molecule has 5 heteroatoms. The van der Waals surface area contributed by atoms with Crippen molar-refractivity contribution in [3.8, 4) is 51.8 Å². The van der Waals surface area contributed by atoms with E-state index in [4.69, 9.17) is 0 Å². The molecular formula is C45H25N5. The van der Waals surface area contributed by atoms with Crippen molar-refractivity contribution in [1.29, 1.82) is 15.8 Å². The molecule has 230 valence electrons. The molecule has 9 aromatic rings. The number of para-hydroxylation sites is 2. The summed E-state index contributed by atoms with van der Waals surface area (Å²) in [6, 6.07) is 57.9. The van der Waals surface area contributed by atoms with Gasteiger partial charge in [-0.2, -0.15) is 15.8 Å². The first-order valence-corrected chi connectivity index (χ1v) is 16.3. The van der Waals surface area contributed by atoms with E-state index in [0.717, 1.165) is 77.2 Å². The molecule has 0 radical (unpaired) electrons. The number of aromatic nitrogens is 2. The maximum atomic E-state index is 9.88. The Morgan fingerprint density at radius 1 is 0.360 bits per heavy atom. The minimum absolute atomic E-state index is 0.584. The molecule has 0 unspecified atom stereocenters. The molecular weight excluding hydrogens is 611 g/mol. The monoisotopic (exact) mass is 635 g/mol. The van der Waals surface area contributed by atoms with Gasteiger partial charge in [0.05, 0.1) is 62.7 Å². The largest absolute Gasteiger partial charge is 0.309 e. The van der Waals surface area contributed by atoms with E-state index in [-0.39, 0.29) is 0 Å². The van der Waals surface area contributed by atoms with E-state index in [1.807, 2.05) is 78.9 Å². The Kier molecular flexibility index (Phi) is 6.56. The summed E-state index contributed by atoms with van der Waals surface area (Å²) in [5.74, 6) is 0. The second-order valence-electron chi connectivity index (χ2n) is 12.4. The van der Waals surface area contributed by atoms with Gasteiger partial charge in [0.25, 0.3) is 0 Å². The standard InChI is InChI=1S/C45H25N5/c46-26-29-12-19-43(50-42-11-4-2-9-37(42)40-24-31(28-48)14-21-45(40)50)38(22-29)33-17-15-32(16-18-33)34-6-5-7-35(25-34)49-41-10-3-1-8-36(41)39-23-30(27-47)13-20-44(39)49/h1-25H. The van der Waals surface area contributed by atoms with Gasteiger partial charge in [0.1, 0.15) is 0 Å². The molecule has 7 aromatic carbocycles. The number of nitriles is 3. The SMILES string of the molecule is N#Cc1ccc(-n2c3ccccc3c3cc(C#N)ccc32)c(-c2ccc(-c3cccc(-n4c5ccccc5c5cc(C#N)ccc54)c3)cc2)c1. The molecule has 0 atom stereocenters. The van der Waals surface area contributed by atoms with Gasteiger partial charge in [-0.15, -0.1) is 0 Å². The van der Waals surface area contributed by atoms with Crippen molar-refractivity contribution in [2.24, 2.45) is 0 Å². The highest BCUT2D eigenvalue weighted by Crippen LogP contribution is 2.38. The molecule has 0 saturated heterocycles. The van der Waals surface area contributed by atoms with Gasteiger partial charge in [-0.3, -0.25) is 0 Å². The summed E-state index contributed by atoms with van der Waals surface area (Å²) in [7, 11) is 0. The second-order valence-corrected chi connectivity index (χ2v) is 12.4. The van der Waals surface area contributed by atoms with E-state index in [0.29, 0.717) is 16.7 Å². The van der Waals surface area contributed by atoms with Crippen LogP contribution in [0, 0.1) is 34.0 Å². The molecule has 0 aliphatic carbocycles. The zero-order chi connectivity index (χ0) is 33.8. The lowest BCUT2D eigenvalue weighted by molar-refractivity contribution is 1.18. The number of hydrogen-bond donors (Lipinski definition) is 0. The highest BCUT2D eigenvalue weighted by atomic mass is 15.0. The molecule has 5 nitrogen and oxygen atoms in total. The number of hydrogen-bond acceptors (Lipinski definition) is 3. The Bertz CT molecular complexity index is 2960. The van der Waals surface area contributed by atoms with Gasteiger partial charge in [0.15, 0.2) is 0 Å². The van der Waals surface area contributed by atoms with E-state index >= 15 is 0 Å². The second kappa shape index (κ2) is 11.4. The zero-order valence-electron chi connectivity index (χ0n) is 26.7. The Balaban J connectivity index is 1.16.